The first-order valence-electron chi connectivity index (χ1n) is 10.9. The molecule has 8 heteroatoms. The van der Waals surface area contributed by atoms with Crippen molar-refractivity contribution in [2.24, 2.45) is 5.92 Å². The molecule has 0 bridgehead atoms. The molecule has 2 atom stereocenters. The van der Waals surface area contributed by atoms with E-state index in [1.54, 1.807) is 30.0 Å². The van der Waals surface area contributed by atoms with Crippen LogP contribution in [-0.4, -0.2) is 28.0 Å². The maximum Gasteiger partial charge on any atom is 0.321 e. The van der Waals surface area contributed by atoms with E-state index in [0.717, 1.165) is 16.6 Å². The quantitative estimate of drug-likeness (QED) is 0.265. The summed E-state index contributed by atoms with van der Waals surface area (Å²) in [6, 6.07) is 21.7. The van der Waals surface area contributed by atoms with Crippen molar-refractivity contribution < 1.29 is 14.3 Å². The fourth-order valence-corrected chi connectivity index (χ4v) is 4.77. The summed E-state index contributed by atoms with van der Waals surface area (Å²) in [7, 11) is 0. The van der Waals surface area contributed by atoms with Crippen molar-refractivity contribution in [1.82, 2.24) is 9.55 Å². The molecule has 0 fully saturated rings. The molecule has 172 valence electrons. The summed E-state index contributed by atoms with van der Waals surface area (Å²) in [5.41, 5.74) is 3.11. The smallest absolute Gasteiger partial charge is 0.321 e. The Hall–Kier alpha value is -3.35. The number of hydrogen-bond donors (Lipinski definition) is 0. The summed E-state index contributed by atoms with van der Waals surface area (Å²) in [5, 5.41) is 0.730. The third-order valence-corrected chi connectivity index (χ3v) is 6.69. The number of anilines is 1. The van der Waals surface area contributed by atoms with Crippen molar-refractivity contribution in [3.63, 3.8) is 0 Å². The number of benzene rings is 3. The van der Waals surface area contributed by atoms with Gasteiger partial charge in [0.1, 0.15) is 0 Å². The fourth-order valence-electron chi connectivity index (χ4n) is 4.46. The third-order valence-electron chi connectivity index (χ3n) is 5.95. The maximum atomic E-state index is 13.9. The van der Waals surface area contributed by atoms with Crippen LogP contribution >= 0.6 is 23.2 Å². The van der Waals surface area contributed by atoms with Crippen LogP contribution in [0.4, 0.5) is 5.95 Å². The number of ether oxygens (including phenoxy) is 1. The van der Waals surface area contributed by atoms with E-state index in [4.69, 9.17) is 32.9 Å². The van der Waals surface area contributed by atoms with Gasteiger partial charge in [-0.3, -0.25) is 14.5 Å². The highest BCUT2D eigenvalue weighted by atomic mass is 35.5. The molecule has 0 unspecified atom stereocenters. The molecule has 6 nitrogen and oxygen atoms in total. The van der Waals surface area contributed by atoms with Crippen LogP contribution in [0.2, 0.25) is 10.0 Å². The van der Waals surface area contributed by atoms with E-state index in [1.807, 2.05) is 59.2 Å². The lowest BCUT2D eigenvalue weighted by molar-refractivity contribution is -0.153. The number of imidazole rings is 1. The van der Waals surface area contributed by atoms with Gasteiger partial charge in [0, 0.05) is 0 Å². The van der Waals surface area contributed by atoms with Gasteiger partial charge in [-0.15, -0.1) is 0 Å². The predicted molar refractivity (Wildman–Crippen MR) is 132 cm³/mol. The highest BCUT2D eigenvalue weighted by Gasteiger charge is 2.48. The first kappa shape index (κ1) is 22.4. The Labute approximate surface area is 206 Å². The minimum atomic E-state index is -1.12. The molecule has 0 N–H and O–H groups in total. The van der Waals surface area contributed by atoms with Gasteiger partial charge in [0.15, 0.2) is 5.92 Å². The van der Waals surface area contributed by atoms with Crippen LogP contribution in [0.5, 0.6) is 0 Å². The molecular formula is C26H21Cl2N3O3. The average molecular weight is 494 g/mol. The molecule has 0 radical (unpaired) electrons. The number of rotatable bonds is 5. The Bertz CT molecular complexity index is 1390. The van der Waals surface area contributed by atoms with Gasteiger partial charge in [-0.05, 0) is 42.3 Å². The van der Waals surface area contributed by atoms with Gasteiger partial charge >= 0.3 is 5.97 Å². The van der Waals surface area contributed by atoms with Gasteiger partial charge in [0.25, 0.3) is 0 Å². The zero-order chi connectivity index (χ0) is 23.8. The molecular weight excluding hydrogens is 473 g/mol. The first-order valence-corrected chi connectivity index (χ1v) is 11.7. The molecule has 1 aliphatic heterocycles. The van der Waals surface area contributed by atoms with Crippen molar-refractivity contribution in [3.8, 4) is 0 Å². The summed E-state index contributed by atoms with van der Waals surface area (Å²) < 4.78 is 7.31. The number of esters is 1. The van der Waals surface area contributed by atoms with Crippen LogP contribution in [0.3, 0.4) is 0 Å². The van der Waals surface area contributed by atoms with Crippen LogP contribution in [0.15, 0.2) is 72.8 Å². The normalized spacial score (nSPS) is 17.6. The monoisotopic (exact) mass is 493 g/mol. The van der Waals surface area contributed by atoms with Crippen LogP contribution in [0.1, 0.15) is 24.1 Å². The van der Waals surface area contributed by atoms with Crippen LogP contribution < -0.4 is 4.90 Å². The number of aromatic nitrogens is 2. The Morgan fingerprint density at radius 3 is 2.47 bits per heavy atom. The van der Waals surface area contributed by atoms with Crippen molar-refractivity contribution in [2.45, 2.75) is 19.5 Å². The zero-order valence-corrected chi connectivity index (χ0v) is 19.8. The molecule has 1 aliphatic rings. The van der Waals surface area contributed by atoms with Gasteiger partial charge in [-0.25, -0.2) is 4.98 Å². The molecule has 0 spiro atoms. The summed E-state index contributed by atoms with van der Waals surface area (Å²) in [4.78, 5) is 33.5. The Morgan fingerprint density at radius 2 is 1.74 bits per heavy atom. The molecule has 2 heterocycles. The average Bonchev–Trinajstić information content (AvgIpc) is 3.22. The highest BCUT2D eigenvalue weighted by molar-refractivity contribution is 6.42. The van der Waals surface area contributed by atoms with Crippen molar-refractivity contribution in [2.75, 3.05) is 11.5 Å². The second-order valence-corrected chi connectivity index (χ2v) is 8.84. The molecule has 4 aromatic rings. The minimum Gasteiger partial charge on any atom is -0.465 e. The summed E-state index contributed by atoms with van der Waals surface area (Å²) in [6.07, 6.45) is 0. The SMILES string of the molecule is CCOC(=O)[C@H]1C(=O)N(Cc2ccccc2)c2nc3ccccc3n2[C@@H]1c1ccc(Cl)c(Cl)c1. The fraction of sp³-hybridized carbons (Fsp3) is 0.192. The topological polar surface area (TPSA) is 64.4 Å². The zero-order valence-electron chi connectivity index (χ0n) is 18.3. The Morgan fingerprint density at radius 1 is 1.00 bits per heavy atom. The lowest BCUT2D eigenvalue weighted by Crippen LogP contribution is -2.49. The Kier molecular flexibility index (Phi) is 6.02. The van der Waals surface area contributed by atoms with E-state index in [1.165, 1.54) is 0 Å². The molecule has 0 saturated heterocycles. The van der Waals surface area contributed by atoms with Crippen LogP contribution in [-0.2, 0) is 20.9 Å². The highest BCUT2D eigenvalue weighted by Crippen LogP contribution is 2.42. The first-order chi connectivity index (χ1) is 16.5. The number of para-hydroxylation sites is 2. The van der Waals surface area contributed by atoms with E-state index in [2.05, 4.69) is 0 Å². The van der Waals surface area contributed by atoms with E-state index < -0.39 is 17.9 Å². The minimum absolute atomic E-state index is 0.160. The summed E-state index contributed by atoms with van der Waals surface area (Å²) in [6.45, 7) is 2.15. The van der Waals surface area contributed by atoms with Crippen LogP contribution in [0.25, 0.3) is 11.0 Å². The molecule has 3 aromatic carbocycles. The Balaban J connectivity index is 1.76. The van der Waals surface area contributed by atoms with E-state index in [9.17, 15) is 9.59 Å². The lowest BCUT2D eigenvalue weighted by Gasteiger charge is -2.38. The van der Waals surface area contributed by atoms with Gasteiger partial charge < -0.3 is 9.30 Å². The van der Waals surface area contributed by atoms with Crippen molar-refractivity contribution in [1.29, 1.82) is 0 Å². The number of amides is 1. The molecule has 0 aliphatic carbocycles. The molecule has 5 rings (SSSR count). The van der Waals surface area contributed by atoms with Gasteiger partial charge in [0.2, 0.25) is 11.9 Å². The largest absolute Gasteiger partial charge is 0.465 e. The second-order valence-electron chi connectivity index (χ2n) is 8.03. The number of nitrogens with zero attached hydrogens (tertiary/aromatic N) is 3. The number of hydrogen-bond acceptors (Lipinski definition) is 4. The number of halogens is 2. The number of carbonyl (C=O) groups is 2. The maximum absolute atomic E-state index is 13.9. The number of fused-ring (bicyclic) bond motifs is 3. The van der Waals surface area contributed by atoms with Crippen molar-refractivity contribution >= 4 is 52.1 Å². The molecule has 1 amide bonds. The molecule has 1 aromatic heterocycles. The molecule has 0 saturated carbocycles. The summed E-state index contributed by atoms with van der Waals surface area (Å²) in [5.74, 6) is -1.62. The van der Waals surface area contributed by atoms with Crippen molar-refractivity contribution in [3.05, 3.63) is 94.0 Å². The van der Waals surface area contributed by atoms with E-state index >= 15 is 0 Å². The third kappa shape index (κ3) is 3.83. The predicted octanol–water partition coefficient (Wildman–Crippen LogP) is 5.66. The second kappa shape index (κ2) is 9.12. The summed E-state index contributed by atoms with van der Waals surface area (Å²) >= 11 is 12.5. The van der Waals surface area contributed by atoms with Crippen LogP contribution in [0, 0.1) is 5.92 Å². The number of carbonyl (C=O) groups excluding carboxylic acids is 2. The van der Waals surface area contributed by atoms with E-state index in [-0.39, 0.29) is 19.1 Å². The molecule has 34 heavy (non-hydrogen) atoms. The van der Waals surface area contributed by atoms with Gasteiger partial charge in [-0.2, -0.15) is 0 Å². The van der Waals surface area contributed by atoms with E-state index in [0.29, 0.717) is 21.6 Å². The lowest BCUT2D eigenvalue weighted by atomic mass is 9.89. The van der Waals surface area contributed by atoms with Gasteiger partial charge in [-0.1, -0.05) is 71.7 Å². The standard InChI is InChI=1S/C26H21Cl2N3O3/c1-2-34-25(33)22-23(17-12-13-18(27)19(28)14-17)31-21-11-7-6-10-20(21)29-26(31)30(24(22)32)15-16-8-4-3-5-9-16/h3-14,22-23H,2,15H2,1H3/t22-,23-/m1/s1. The van der Waals surface area contributed by atoms with Gasteiger partial charge in [0.05, 0.1) is 40.3 Å².